The van der Waals surface area contributed by atoms with Gasteiger partial charge in [-0.05, 0) is 53.9 Å². The van der Waals surface area contributed by atoms with Crippen LogP contribution in [0.3, 0.4) is 0 Å². The smallest absolute Gasteiger partial charge is 0.345 e. The molecule has 3 rings (SSSR count). The molecule has 0 amide bonds. The van der Waals surface area contributed by atoms with Gasteiger partial charge in [0.15, 0.2) is 7.14 Å². The Morgan fingerprint density at radius 1 is 0.935 bits per heavy atom. The molecule has 1 heterocycles. The van der Waals surface area contributed by atoms with Gasteiger partial charge in [0.05, 0.1) is 6.61 Å². The van der Waals surface area contributed by atoms with Crippen LogP contribution in [0.25, 0.3) is 0 Å². The van der Waals surface area contributed by atoms with Gasteiger partial charge in [-0.15, -0.1) is 0 Å². The van der Waals surface area contributed by atoms with Crippen molar-refractivity contribution in [1.29, 1.82) is 0 Å². The summed E-state index contributed by atoms with van der Waals surface area (Å²) in [4.78, 5) is 19.8. The zero-order valence-electron chi connectivity index (χ0n) is 19.2. The summed E-state index contributed by atoms with van der Waals surface area (Å²) in [5.74, 6) is -1.87. The second-order valence-electron chi connectivity index (χ2n) is 9.31. The van der Waals surface area contributed by atoms with E-state index in [2.05, 4.69) is 27.7 Å². The number of ether oxygens (including phenoxy) is 1. The van der Waals surface area contributed by atoms with Gasteiger partial charge >= 0.3 is 5.97 Å². The minimum atomic E-state index is -3.54. The molecule has 2 aromatic rings. The average Bonchev–Trinajstić information content (AvgIpc) is 2.73. The molecule has 1 saturated heterocycles. The highest BCUT2D eigenvalue weighted by Crippen LogP contribution is 2.52. The third-order valence-corrected chi connectivity index (χ3v) is 9.08. The Balaban J connectivity index is 2.17. The van der Waals surface area contributed by atoms with E-state index in [9.17, 15) is 9.36 Å². The first-order valence-corrected chi connectivity index (χ1v) is 12.8. The molecule has 0 aromatic heterocycles. The summed E-state index contributed by atoms with van der Waals surface area (Å²) < 4.78 is 20.3. The van der Waals surface area contributed by atoms with E-state index >= 15 is 0 Å². The van der Waals surface area contributed by atoms with Gasteiger partial charge in [-0.1, -0.05) is 60.7 Å². The molecule has 0 radical (unpaired) electrons. The summed E-state index contributed by atoms with van der Waals surface area (Å²) in [5.41, 5.74) is -0.630. The molecule has 1 aliphatic rings. The van der Waals surface area contributed by atoms with E-state index in [0.717, 1.165) is 19.3 Å². The normalized spacial score (nSPS) is 19.5. The summed E-state index contributed by atoms with van der Waals surface area (Å²) >= 11 is 0. The maximum Gasteiger partial charge on any atom is 0.345 e. The molecule has 0 N–H and O–H groups in total. The van der Waals surface area contributed by atoms with Gasteiger partial charge in [-0.25, -0.2) is 4.79 Å². The largest absolute Gasteiger partial charge is 0.464 e. The molecule has 168 valence electrons. The fourth-order valence-electron chi connectivity index (χ4n) is 4.55. The first-order chi connectivity index (χ1) is 14.6. The van der Waals surface area contributed by atoms with Crippen LogP contribution >= 0.6 is 7.14 Å². The van der Waals surface area contributed by atoms with Gasteiger partial charge in [0, 0.05) is 21.7 Å². The molecule has 5 nitrogen and oxygen atoms in total. The number of rotatable bonds is 7. The van der Waals surface area contributed by atoms with Crippen LogP contribution in [0, 0.1) is 0 Å². The van der Waals surface area contributed by atoms with E-state index < -0.39 is 19.0 Å². The first-order valence-electron chi connectivity index (χ1n) is 11.0. The molecular formula is C25H34NO4P. The zero-order valence-corrected chi connectivity index (χ0v) is 20.1. The minimum absolute atomic E-state index is 0.190. The van der Waals surface area contributed by atoms with Crippen molar-refractivity contribution in [2.45, 2.75) is 70.8 Å². The summed E-state index contributed by atoms with van der Waals surface area (Å²) in [6, 6.07) is 18.3. The molecule has 0 saturated carbocycles. The quantitative estimate of drug-likeness (QED) is 0.452. The van der Waals surface area contributed by atoms with E-state index in [4.69, 9.17) is 9.57 Å². The van der Waals surface area contributed by atoms with Crippen LogP contribution in [0.5, 0.6) is 0 Å². The number of carbonyl (C=O) groups excluding carboxylic acids is 1. The van der Waals surface area contributed by atoms with Gasteiger partial charge in [-0.3, -0.25) is 4.84 Å². The lowest BCUT2D eigenvalue weighted by Gasteiger charge is -2.52. The van der Waals surface area contributed by atoms with Crippen molar-refractivity contribution in [1.82, 2.24) is 5.06 Å². The Labute approximate surface area is 186 Å². The van der Waals surface area contributed by atoms with Gasteiger partial charge < -0.3 is 9.30 Å². The summed E-state index contributed by atoms with van der Waals surface area (Å²) in [7, 11) is -3.54. The van der Waals surface area contributed by atoms with Crippen molar-refractivity contribution in [2.75, 3.05) is 6.61 Å². The van der Waals surface area contributed by atoms with Crippen LogP contribution in [0.1, 0.15) is 53.9 Å². The molecule has 1 aliphatic heterocycles. The van der Waals surface area contributed by atoms with E-state index in [1.165, 1.54) is 0 Å². The van der Waals surface area contributed by atoms with Crippen LogP contribution in [-0.4, -0.2) is 34.6 Å². The third-order valence-electron chi connectivity index (χ3n) is 5.98. The van der Waals surface area contributed by atoms with Gasteiger partial charge in [0.25, 0.3) is 0 Å². The second kappa shape index (κ2) is 9.28. The molecular weight excluding hydrogens is 409 g/mol. The van der Waals surface area contributed by atoms with Crippen molar-refractivity contribution >= 4 is 23.7 Å². The van der Waals surface area contributed by atoms with E-state index in [-0.39, 0.29) is 17.7 Å². The lowest BCUT2D eigenvalue weighted by atomic mass is 9.82. The van der Waals surface area contributed by atoms with Crippen LogP contribution in [0.4, 0.5) is 0 Å². The molecule has 2 aromatic carbocycles. The number of carbonyl (C=O) groups is 1. The predicted octanol–water partition coefficient (Wildman–Crippen LogP) is 4.86. The zero-order chi connectivity index (χ0) is 22.7. The van der Waals surface area contributed by atoms with Crippen LogP contribution < -0.4 is 10.6 Å². The van der Waals surface area contributed by atoms with E-state index in [1.54, 1.807) is 31.2 Å². The maximum absolute atomic E-state index is 14.9. The Morgan fingerprint density at radius 2 is 1.39 bits per heavy atom. The Morgan fingerprint density at radius 3 is 1.81 bits per heavy atom. The Hall–Kier alpha value is -1.94. The lowest BCUT2D eigenvalue weighted by molar-refractivity contribution is -0.288. The Bertz CT molecular complexity index is 868. The average molecular weight is 444 g/mol. The molecule has 1 atom stereocenters. The third kappa shape index (κ3) is 4.79. The SMILES string of the molecule is CCOC(=O)C(ON1C(C)(C)CCCC1(C)C)P(=O)(c1ccccc1)c1ccccc1. The van der Waals surface area contributed by atoms with Crippen molar-refractivity contribution in [3.63, 3.8) is 0 Å². The van der Waals surface area contributed by atoms with E-state index in [1.807, 2.05) is 41.5 Å². The monoisotopic (exact) mass is 443 g/mol. The van der Waals surface area contributed by atoms with E-state index in [0.29, 0.717) is 10.6 Å². The molecule has 0 aliphatic carbocycles. The molecule has 31 heavy (non-hydrogen) atoms. The highest BCUT2D eigenvalue weighted by atomic mass is 31.2. The van der Waals surface area contributed by atoms with Crippen molar-refractivity contribution in [3.05, 3.63) is 60.7 Å². The molecule has 0 spiro atoms. The molecule has 1 unspecified atom stereocenters. The fraction of sp³-hybridized carbons (Fsp3) is 0.480. The minimum Gasteiger partial charge on any atom is -0.464 e. The molecule has 6 heteroatoms. The number of hydrogen-bond acceptors (Lipinski definition) is 5. The number of benzene rings is 2. The number of hydrogen-bond donors (Lipinski definition) is 0. The van der Waals surface area contributed by atoms with Crippen molar-refractivity contribution in [2.24, 2.45) is 0 Å². The molecule has 0 bridgehead atoms. The highest BCUT2D eigenvalue weighted by molar-refractivity contribution is 7.79. The Kier molecular flexibility index (Phi) is 7.10. The topological polar surface area (TPSA) is 55.8 Å². The summed E-state index contributed by atoms with van der Waals surface area (Å²) in [6.07, 6.45) is 2.92. The van der Waals surface area contributed by atoms with Crippen LogP contribution in [0.15, 0.2) is 60.7 Å². The van der Waals surface area contributed by atoms with Gasteiger partial charge in [0.2, 0.25) is 5.85 Å². The van der Waals surface area contributed by atoms with Gasteiger partial charge in [-0.2, -0.15) is 5.06 Å². The summed E-state index contributed by atoms with van der Waals surface area (Å²) in [6.45, 7) is 10.4. The predicted molar refractivity (Wildman–Crippen MR) is 125 cm³/mol. The number of nitrogens with zero attached hydrogens (tertiary/aromatic N) is 1. The van der Waals surface area contributed by atoms with Crippen molar-refractivity contribution < 1.29 is 18.9 Å². The highest BCUT2D eigenvalue weighted by Gasteiger charge is 2.50. The first kappa shape index (κ1) is 23.7. The van der Waals surface area contributed by atoms with Crippen LogP contribution in [-0.2, 0) is 18.9 Å². The maximum atomic E-state index is 14.9. The number of esters is 1. The second-order valence-corrected chi connectivity index (χ2v) is 12.1. The lowest BCUT2D eigenvalue weighted by Crippen LogP contribution is -2.60. The van der Waals surface area contributed by atoms with Crippen LogP contribution in [0.2, 0.25) is 0 Å². The number of hydroxylamine groups is 2. The molecule has 1 fully saturated rings. The standard InChI is InChI=1S/C25H34NO4P/c1-6-29-22(27)23(30-26-24(2,3)18-13-19-25(26,4)5)31(28,20-14-9-7-10-15-20)21-16-11-8-12-17-21/h7-12,14-17,23H,6,13,18-19H2,1-5H3. The summed E-state index contributed by atoms with van der Waals surface area (Å²) in [5, 5.41) is 3.04. The van der Waals surface area contributed by atoms with Crippen molar-refractivity contribution in [3.8, 4) is 0 Å². The number of piperidine rings is 1. The fourth-order valence-corrected chi connectivity index (χ4v) is 7.22. The van der Waals surface area contributed by atoms with Gasteiger partial charge in [0.1, 0.15) is 0 Å².